The number of piperidine rings is 1. The second-order valence-electron chi connectivity index (χ2n) is 4.35. The quantitative estimate of drug-likeness (QED) is 0.623. The van der Waals surface area contributed by atoms with Gasteiger partial charge in [-0.25, -0.2) is 0 Å². The molecule has 2 rings (SSSR count). The van der Waals surface area contributed by atoms with Gasteiger partial charge in [0.1, 0.15) is 0 Å². The van der Waals surface area contributed by atoms with Gasteiger partial charge < -0.3 is 15.8 Å². The topological polar surface area (TPSA) is 50.5 Å². The predicted molar refractivity (Wildman–Crippen MR) is 56.3 cm³/mol. The van der Waals surface area contributed by atoms with Crippen molar-refractivity contribution in [1.82, 2.24) is 10.2 Å². The van der Waals surface area contributed by atoms with Gasteiger partial charge in [-0.1, -0.05) is 0 Å². The molecule has 0 aromatic heterocycles. The lowest BCUT2D eigenvalue weighted by molar-refractivity contribution is -0.122. The van der Waals surface area contributed by atoms with Crippen LogP contribution in [0.1, 0.15) is 12.8 Å². The first-order chi connectivity index (χ1) is 6.85. The van der Waals surface area contributed by atoms with E-state index in [9.17, 15) is 0 Å². The fourth-order valence-electron chi connectivity index (χ4n) is 2.48. The lowest BCUT2D eigenvalue weighted by atomic mass is 9.90. The molecule has 0 aromatic rings. The molecule has 1 spiro atoms. The summed E-state index contributed by atoms with van der Waals surface area (Å²) in [5.41, 5.74) is 5.72. The number of hydrogen-bond donors (Lipinski definition) is 2. The summed E-state index contributed by atoms with van der Waals surface area (Å²) in [7, 11) is 0. The van der Waals surface area contributed by atoms with Crippen LogP contribution < -0.4 is 11.1 Å². The summed E-state index contributed by atoms with van der Waals surface area (Å²) < 4.78 is 5.96. The van der Waals surface area contributed by atoms with Crippen molar-refractivity contribution in [2.24, 2.45) is 5.73 Å². The third-order valence-electron chi connectivity index (χ3n) is 3.29. The van der Waals surface area contributed by atoms with Crippen LogP contribution in [-0.4, -0.2) is 56.4 Å². The number of nitrogens with zero attached hydrogens (tertiary/aromatic N) is 1. The maximum Gasteiger partial charge on any atom is 0.0833 e. The van der Waals surface area contributed by atoms with Crippen LogP contribution >= 0.6 is 0 Å². The van der Waals surface area contributed by atoms with Gasteiger partial charge in [0.25, 0.3) is 0 Å². The van der Waals surface area contributed by atoms with Crippen molar-refractivity contribution in [2.45, 2.75) is 18.4 Å². The molecule has 2 aliphatic heterocycles. The molecule has 0 radical (unpaired) electrons. The fraction of sp³-hybridized carbons (Fsp3) is 1.00. The van der Waals surface area contributed by atoms with E-state index in [1.54, 1.807) is 0 Å². The number of hydrogen-bond acceptors (Lipinski definition) is 4. The molecule has 82 valence electrons. The summed E-state index contributed by atoms with van der Waals surface area (Å²) in [4.78, 5) is 2.44. The molecule has 14 heavy (non-hydrogen) atoms. The Hall–Kier alpha value is -0.160. The van der Waals surface area contributed by atoms with E-state index in [4.69, 9.17) is 10.5 Å². The SMILES string of the molecule is NCCN1CCOC2(CCNCC2)C1. The average Bonchev–Trinajstić information content (AvgIpc) is 2.19. The Balaban J connectivity index is 1.91. The van der Waals surface area contributed by atoms with Gasteiger partial charge in [-0.05, 0) is 25.9 Å². The van der Waals surface area contributed by atoms with E-state index in [2.05, 4.69) is 10.2 Å². The summed E-state index contributed by atoms with van der Waals surface area (Å²) in [6.07, 6.45) is 2.29. The van der Waals surface area contributed by atoms with Crippen LogP contribution in [0.2, 0.25) is 0 Å². The Morgan fingerprint density at radius 2 is 2.14 bits per heavy atom. The van der Waals surface area contributed by atoms with Gasteiger partial charge in [0.15, 0.2) is 0 Å². The largest absolute Gasteiger partial charge is 0.372 e. The minimum atomic E-state index is 0.138. The summed E-state index contributed by atoms with van der Waals surface area (Å²) in [6, 6.07) is 0. The molecule has 0 atom stereocenters. The van der Waals surface area contributed by atoms with Crippen molar-refractivity contribution < 1.29 is 4.74 Å². The minimum absolute atomic E-state index is 0.138. The van der Waals surface area contributed by atoms with E-state index >= 15 is 0 Å². The highest BCUT2D eigenvalue weighted by atomic mass is 16.5. The molecule has 2 saturated heterocycles. The molecule has 0 amide bonds. The highest BCUT2D eigenvalue weighted by Crippen LogP contribution is 2.27. The van der Waals surface area contributed by atoms with Gasteiger partial charge in [-0.2, -0.15) is 0 Å². The van der Waals surface area contributed by atoms with Gasteiger partial charge in [0, 0.05) is 26.2 Å². The van der Waals surface area contributed by atoms with Crippen molar-refractivity contribution in [3.8, 4) is 0 Å². The van der Waals surface area contributed by atoms with E-state index in [-0.39, 0.29) is 5.60 Å². The Kier molecular flexibility index (Phi) is 3.38. The highest BCUT2D eigenvalue weighted by Gasteiger charge is 2.37. The molecule has 0 aromatic carbocycles. The Labute approximate surface area is 85.8 Å². The molecule has 2 fully saturated rings. The maximum absolute atomic E-state index is 5.96. The molecular formula is C10H21N3O. The molecule has 4 heteroatoms. The second-order valence-corrected chi connectivity index (χ2v) is 4.35. The van der Waals surface area contributed by atoms with Crippen LogP contribution in [-0.2, 0) is 4.74 Å². The van der Waals surface area contributed by atoms with E-state index in [0.717, 1.165) is 58.7 Å². The van der Waals surface area contributed by atoms with Gasteiger partial charge in [-0.15, -0.1) is 0 Å². The molecule has 4 nitrogen and oxygen atoms in total. The van der Waals surface area contributed by atoms with Crippen molar-refractivity contribution in [3.63, 3.8) is 0 Å². The monoisotopic (exact) mass is 199 g/mol. The zero-order chi connectivity index (χ0) is 9.86. The Bertz CT molecular complexity index is 173. The lowest BCUT2D eigenvalue weighted by Gasteiger charge is -2.45. The molecule has 2 heterocycles. The molecule has 2 aliphatic rings. The molecule has 0 unspecified atom stereocenters. The third-order valence-corrected chi connectivity index (χ3v) is 3.29. The Morgan fingerprint density at radius 3 is 2.86 bits per heavy atom. The number of rotatable bonds is 2. The van der Waals surface area contributed by atoms with Crippen LogP contribution in [0.5, 0.6) is 0 Å². The van der Waals surface area contributed by atoms with Crippen LogP contribution in [0.15, 0.2) is 0 Å². The van der Waals surface area contributed by atoms with Crippen LogP contribution in [0.4, 0.5) is 0 Å². The van der Waals surface area contributed by atoms with E-state index in [1.807, 2.05) is 0 Å². The minimum Gasteiger partial charge on any atom is -0.372 e. The van der Waals surface area contributed by atoms with E-state index < -0.39 is 0 Å². The smallest absolute Gasteiger partial charge is 0.0833 e. The second kappa shape index (κ2) is 4.57. The van der Waals surface area contributed by atoms with Crippen LogP contribution in [0.3, 0.4) is 0 Å². The van der Waals surface area contributed by atoms with E-state index in [1.165, 1.54) is 0 Å². The number of morpholine rings is 1. The van der Waals surface area contributed by atoms with Crippen molar-refractivity contribution in [3.05, 3.63) is 0 Å². The standard InChI is InChI=1S/C10H21N3O/c11-3-6-13-7-8-14-10(9-13)1-4-12-5-2-10/h12H,1-9,11H2. The number of nitrogens with two attached hydrogens (primary N) is 1. The van der Waals surface area contributed by atoms with Crippen LogP contribution in [0, 0.1) is 0 Å². The predicted octanol–water partition coefficient (Wildman–Crippen LogP) is -0.600. The average molecular weight is 199 g/mol. The van der Waals surface area contributed by atoms with Crippen molar-refractivity contribution in [1.29, 1.82) is 0 Å². The fourth-order valence-corrected chi connectivity index (χ4v) is 2.48. The maximum atomic E-state index is 5.96. The first-order valence-corrected chi connectivity index (χ1v) is 5.62. The normalized spacial score (nSPS) is 28.1. The molecule has 0 aliphatic carbocycles. The number of ether oxygens (including phenoxy) is 1. The van der Waals surface area contributed by atoms with Gasteiger partial charge in [0.05, 0.1) is 12.2 Å². The van der Waals surface area contributed by atoms with Gasteiger partial charge in [0.2, 0.25) is 0 Å². The van der Waals surface area contributed by atoms with E-state index in [0.29, 0.717) is 0 Å². The first-order valence-electron chi connectivity index (χ1n) is 5.62. The lowest BCUT2D eigenvalue weighted by Crippen LogP contribution is -2.56. The molecule has 0 saturated carbocycles. The van der Waals surface area contributed by atoms with Crippen molar-refractivity contribution >= 4 is 0 Å². The van der Waals surface area contributed by atoms with Gasteiger partial charge >= 0.3 is 0 Å². The first kappa shape index (κ1) is 10.4. The summed E-state index contributed by atoms with van der Waals surface area (Å²) >= 11 is 0. The van der Waals surface area contributed by atoms with Crippen LogP contribution in [0.25, 0.3) is 0 Å². The summed E-state index contributed by atoms with van der Waals surface area (Å²) in [6.45, 7) is 6.96. The third kappa shape index (κ3) is 2.25. The molecule has 0 bridgehead atoms. The Morgan fingerprint density at radius 1 is 1.36 bits per heavy atom. The van der Waals surface area contributed by atoms with Crippen molar-refractivity contribution in [2.75, 3.05) is 45.9 Å². The zero-order valence-electron chi connectivity index (χ0n) is 8.80. The highest BCUT2D eigenvalue weighted by molar-refractivity contribution is 4.91. The molecule has 3 N–H and O–H groups in total. The zero-order valence-corrected chi connectivity index (χ0v) is 8.80. The summed E-state index contributed by atoms with van der Waals surface area (Å²) in [5, 5.41) is 3.38. The summed E-state index contributed by atoms with van der Waals surface area (Å²) in [5.74, 6) is 0. The number of nitrogens with one attached hydrogen (secondary N) is 1. The van der Waals surface area contributed by atoms with Gasteiger partial charge in [-0.3, -0.25) is 4.90 Å². The molecular weight excluding hydrogens is 178 g/mol.